The molecule has 0 amide bonds. The van der Waals surface area contributed by atoms with Gasteiger partial charge in [0, 0.05) is 12.7 Å². The fourth-order valence-electron chi connectivity index (χ4n) is 0.241. The maximum Gasteiger partial charge on any atom is 0.183 e. The molecule has 0 unspecified atom stereocenters. The summed E-state index contributed by atoms with van der Waals surface area (Å²) in [5.74, 6) is 0. The van der Waals surface area contributed by atoms with Gasteiger partial charge in [-0.15, -0.1) is 0 Å². The van der Waals surface area contributed by atoms with Crippen LogP contribution in [0.4, 0.5) is 0 Å². The molecular formula is C5H8N2. The Morgan fingerprint density at radius 3 is 2.57 bits per heavy atom. The molecule has 0 aliphatic heterocycles. The van der Waals surface area contributed by atoms with Crippen molar-refractivity contribution in [2.45, 2.75) is 6.92 Å². The number of nitriles is 1. The standard InChI is InChI=1S/C5H8N2/c1-3-7(4-2)5-6/h3H,1,4H2,2H3. The van der Waals surface area contributed by atoms with Crippen molar-refractivity contribution in [2.75, 3.05) is 6.54 Å². The van der Waals surface area contributed by atoms with E-state index in [2.05, 4.69) is 6.58 Å². The van der Waals surface area contributed by atoms with Gasteiger partial charge in [-0.1, -0.05) is 6.58 Å². The van der Waals surface area contributed by atoms with Gasteiger partial charge in [0.2, 0.25) is 0 Å². The normalized spacial score (nSPS) is 6.86. The van der Waals surface area contributed by atoms with Gasteiger partial charge in [0.25, 0.3) is 0 Å². The molecule has 0 spiro atoms. The Morgan fingerprint density at radius 2 is 2.57 bits per heavy atom. The van der Waals surface area contributed by atoms with E-state index in [0.717, 1.165) is 0 Å². The molecule has 0 heterocycles. The molecule has 0 aromatic heterocycles. The van der Waals surface area contributed by atoms with Crippen LogP contribution in [0.5, 0.6) is 0 Å². The van der Waals surface area contributed by atoms with E-state index in [1.807, 2.05) is 13.1 Å². The van der Waals surface area contributed by atoms with Crippen molar-refractivity contribution in [3.63, 3.8) is 0 Å². The Labute approximate surface area is 43.7 Å². The molecule has 0 aromatic carbocycles. The van der Waals surface area contributed by atoms with Gasteiger partial charge in [0.05, 0.1) is 0 Å². The molecule has 0 saturated heterocycles. The minimum Gasteiger partial charge on any atom is -0.287 e. The van der Waals surface area contributed by atoms with Crippen LogP contribution in [0.3, 0.4) is 0 Å². The second-order valence-corrected chi connectivity index (χ2v) is 1.07. The van der Waals surface area contributed by atoms with Crippen LogP contribution in [0.2, 0.25) is 0 Å². The summed E-state index contributed by atoms with van der Waals surface area (Å²) in [6.45, 7) is 6.01. The highest BCUT2D eigenvalue weighted by atomic mass is 15.1. The van der Waals surface area contributed by atoms with Crippen LogP contribution in [-0.2, 0) is 0 Å². The zero-order valence-corrected chi connectivity index (χ0v) is 4.39. The van der Waals surface area contributed by atoms with E-state index in [-0.39, 0.29) is 0 Å². The Morgan fingerprint density at radius 1 is 2.00 bits per heavy atom. The number of hydrogen-bond donors (Lipinski definition) is 0. The summed E-state index contributed by atoms with van der Waals surface area (Å²) in [6, 6.07) is 0. The third kappa shape index (κ3) is 1.83. The first-order valence-electron chi connectivity index (χ1n) is 2.14. The lowest BCUT2D eigenvalue weighted by Gasteiger charge is -2.01. The van der Waals surface area contributed by atoms with Gasteiger partial charge in [0.1, 0.15) is 0 Å². The van der Waals surface area contributed by atoms with E-state index in [4.69, 9.17) is 5.26 Å². The average molecular weight is 96.1 g/mol. The van der Waals surface area contributed by atoms with Gasteiger partial charge in [-0.3, -0.25) is 4.90 Å². The molecule has 0 bridgehead atoms. The average Bonchev–Trinajstić information content (AvgIpc) is 1.72. The second kappa shape index (κ2) is 3.23. The Bertz CT molecular complexity index is 90.7. The first kappa shape index (κ1) is 6.03. The van der Waals surface area contributed by atoms with E-state index in [9.17, 15) is 0 Å². The molecule has 2 heteroatoms. The van der Waals surface area contributed by atoms with Crippen molar-refractivity contribution >= 4 is 0 Å². The zero-order valence-electron chi connectivity index (χ0n) is 4.39. The lowest BCUT2D eigenvalue weighted by Crippen LogP contribution is -2.06. The third-order valence-corrected chi connectivity index (χ3v) is 0.690. The third-order valence-electron chi connectivity index (χ3n) is 0.690. The van der Waals surface area contributed by atoms with Gasteiger partial charge in [0.15, 0.2) is 6.19 Å². The van der Waals surface area contributed by atoms with Crippen LogP contribution in [-0.4, -0.2) is 11.4 Å². The van der Waals surface area contributed by atoms with Crippen molar-refractivity contribution in [1.82, 2.24) is 4.90 Å². The second-order valence-electron chi connectivity index (χ2n) is 1.07. The SMILES string of the molecule is C=CN(C#N)CC. The van der Waals surface area contributed by atoms with Crippen molar-refractivity contribution in [2.24, 2.45) is 0 Å². The molecule has 7 heavy (non-hydrogen) atoms. The van der Waals surface area contributed by atoms with E-state index in [1.165, 1.54) is 11.1 Å². The monoisotopic (exact) mass is 96.1 g/mol. The van der Waals surface area contributed by atoms with Crippen molar-refractivity contribution in [3.8, 4) is 6.19 Å². The molecule has 0 fully saturated rings. The predicted octanol–water partition coefficient (Wildman–Crippen LogP) is 0.933. The minimum absolute atomic E-state index is 0.708. The summed E-state index contributed by atoms with van der Waals surface area (Å²) in [5, 5.41) is 8.13. The first-order valence-corrected chi connectivity index (χ1v) is 2.14. The lowest BCUT2D eigenvalue weighted by atomic mass is 10.6. The molecule has 0 aliphatic rings. The molecule has 0 rings (SSSR count). The lowest BCUT2D eigenvalue weighted by molar-refractivity contribution is 0.558. The maximum atomic E-state index is 8.13. The summed E-state index contributed by atoms with van der Waals surface area (Å²) in [7, 11) is 0. The number of nitrogens with zero attached hydrogens (tertiary/aromatic N) is 2. The Hall–Kier alpha value is -0.970. The minimum atomic E-state index is 0.708. The quantitative estimate of drug-likeness (QED) is 0.377. The van der Waals surface area contributed by atoms with Crippen LogP contribution in [0, 0.1) is 11.5 Å². The van der Waals surface area contributed by atoms with Gasteiger partial charge in [-0.05, 0) is 6.92 Å². The van der Waals surface area contributed by atoms with Crippen LogP contribution in [0.25, 0.3) is 0 Å². The summed E-state index contributed by atoms with van der Waals surface area (Å²) in [6.07, 6.45) is 3.42. The summed E-state index contributed by atoms with van der Waals surface area (Å²) >= 11 is 0. The summed E-state index contributed by atoms with van der Waals surface area (Å²) in [4.78, 5) is 1.44. The van der Waals surface area contributed by atoms with E-state index in [1.54, 1.807) is 0 Å². The summed E-state index contributed by atoms with van der Waals surface area (Å²) in [5.41, 5.74) is 0. The van der Waals surface area contributed by atoms with E-state index >= 15 is 0 Å². The smallest absolute Gasteiger partial charge is 0.183 e. The molecule has 0 aliphatic carbocycles. The first-order chi connectivity index (χ1) is 3.35. The molecule has 0 atom stereocenters. The largest absolute Gasteiger partial charge is 0.287 e. The van der Waals surface area contributed by atoms with Gasteiger partial charge in [-0.25, -0.2) is 0 Å². The van der Waals surface area contributed by atoms with Crippen LogP contribution in [0.15, 0.2) is 12.8 Å². The molecule has 2 nitrogen and oxygen atoms in total. The Kier molecular flexibility index (Phi) is 2.78. The highest BCUT2D eigenvalue weighted by Crippen LogP contribution is 1.79. The van der Waals surface area contributed by atoms with Crippen LogP contribution in [0.1, 0.15) is 6.92 Å². The molecular weight excluding hydrogens is 88.1 g/mol. The van der Waals surface area contributed by atoms with Crippen LogP contribution < -0.4 is 0 Å². The van der Waals surface area contributed by atoms with Gasteiger partial charge < -0.3 is 0 Å². The highest BCUT2D eigenvalue weighted by Gasteiger charge is 1.83. The van der Waals surface area contributed by atoms with Crippen molar-refractivity contribution < 1.29 is 0 Å². The maximum absolute atomic E-state index is 8.13. The molecule has 0 N–H and O–H groups in total. The van der Waals surface area contributed by atoms with Gasteiger partial charge in [-0.2, -0.15) is 5.26 Å². The molecule has 0 saturated carbocycles. The van der Waals surface area contributed by atoms with E-state index in [0.29, 0.717) is 6.54 Å². The highest BCUT2D eigenvalue weighted by molar-refractivity contribution is 4.81. The fraction of sp³-hybridized carbons (Fsp3) is 0.400. The summed E-state index contributed by atoms with van der Waals surface area (Å²) < 4.78 is 0. The van der Waals surface area contributed by atoms with E-state index < -0.39 is 0 Å². The van der Waals surface area contributed by atoms with Crippen LogP contribution >= 0.6 is 0 Å². The fourth-order valence-corrected chi connectivity index (χ4v) is 0.241. The number of rotatable bonds is 2. The van der Waals surface area contributed by atoms with Crippen molar-refractivity contribution in [3.05, 3.63) is 12.8 Å². The molecule has 0 aromatic rings. The van der Waals surface area contributed by atoms with Gasteiger partial charge >= 0.3 is 0 Å². The molecule has 0 radical (unpaired) electrons. The van der Waals surface area contributed by atoms with Crippen molar-refractivity contribution in [1.29, 1.82) is 5.26 Å². The Balaban J connectivity index is 3.43. The predicted molar refractivity (Wildman–Crippen MR) is 28.2 cm³/mol. The topological polar surface area (TPSA) is 27.0 Å². The molecule has 38 valence electrons. The zero-order chi connectivity index (χ0) is 5.70. The number of hydrogen-bond acceptors (Lipinski definition) is 2.